The summed E-state index contributed by atoms with van der Waals surface area (Å²) in [5, 5.41) is 11.7. The molecule has 4 rings (SSSR count). The molecular weight excluding hydrogens is 394 g/mol. The summed E-state index contributed by atoms with van der Waals surface area (Å²) in [7, 11) is 0. The number of nitrogens with one attached hydrogen (secondary N) is 2. The fraction of sp³-hybridized carbons (Fsp3) is 0.259. The second kappa shape index (κ2) is 8.87. The summed E-state index contributed by atoms with van der Waals surface area (Å²) in [6, 6.07) is 14.8. The van der Waals surface area contributed by atoms with Crippen LogP contribution in [-0.2, 0) is 5.41 Å². The summed E-state index contributed by atoms with van der Waals surface area (Å²) < 4.78 is 0. The van der Waals surface area contributed by atoms with Crippen molar-refractivity contribution in [2.24, 2.45) is 4.99 Å². The van der Waals surface area contributed by atoms with Gasteiger partial charge in [-0.05, 0) is 42.5 Å². The van der Waals surface area contributed by atoms with Crippen molar-refractivity contribution in [2.75, 3.05) is 5.32 Å². The average molecular weight is 426 g/mol. The van der Waals surface area contributed by atoms with Gasteiger partial charge in [-0.25, -0.2) is 4.99 Å². The smallest absolute Gasteiger partial charge is 0.154 e. The van der Waals surface area contributed by atoms with Crippen LogP contribution in [0.25, 0.3) is 16.6 Å². The van der Waals surface area contributed by atoms with Crippen molar-refractivity contribution in [1.82, 2.24) is 15.1 Å². The summed E-state index contributed by atoms with van der Waals surface area (Å²) in [4.78, 5) is 6.91. The van der Waals surface area contributed by atoms with Crippen LogP contribution in [0.15, 0.2) is 84.4 Å². The number of hydrogen-bond acceptors (Lipinski definition) is 4. The molecule has 0 fully saturated rings. The molecule has 0 aliphatic carbocycles. The van der Waals surface area contributed by atoms with Crippen LogP contribution in [0.5, 0.6) is 0 Å². The lowest BCUT2D eigenvalue weighted by Gasteiger charge is -2.27. The fourth-order valence-electron chi connectivity index (χ4n) is 4.09. The second-order valence-electron chi connectivity index (χ2n) is 8.82. The van der Waals surface area contributed by atoms with Crippen LogP contribution in [0.3, 0.4) is 0 Å². The normalized spacial score (nSPS) is 14.8. The van der Waals surface area contributed by atoms with Crippen LogP contribution >= 0.6 is 0 Å². The minimum Gasteiger partial charge on any atom is -0.338 e. The van der Waals surface area contributed by atoms with E-state index in [2.05, 4.69) is 85.3 Å². The number of hydrogen-bond donors (Lipinski definition) is 2. The third kappa shape index (κ3) is 4.37. The molecule has 1 aromatic heterocycles. The molecule has 1 aliphatic heterocycles. The fourth-order valence-corrected chi connectivity index (χ4v) is 4.09. The highest BCUT2D eigenvalue weighted by atomic mass is 15.2. The summed E-state index contributed by atoms with van der Waals surface area (Å²) >= 11 is 0. The van der Waals surface area contributed by atoms with E-state index in [1.165, 1.54) is 12.0 Å². The van der Waals surface area contributed by atoms with Gasteiger partial charge in [0.2, 0.25) is 0 Å². The summed E-state index contributed by atoms with van der Waals surface area (Å²) in [6.45, 7) is 13.1. The van der Waals surface area contributed by atoms with Gasteiger partial charge >= 0.3 is 0 Å². The average Bonchev–Trinajstić information content (AvgIpc) is 3.25. The Morgan fingerprint density at radius 3 is 2.66 bits per heavy atom. The van der Waals surface area contributed by atoms with Gasteiger partial charge in [0, 0.05) is 29.0 Å². The molecule has 0 spiro atoms. The van der Waals surface area contributed by atoms with E-state index in [1.54, 1.807) is 0 Å². The summed E-state index contributed by atoms with van der Waals surface area (Å²) in [6.07, 6.45) is 10.1. The first-order valence-corrected chi connectivity index (χ1v) is 11.1. The van der Waals surface area contributed by atoms with Gasteiger partial charge in [0.15, 0.2) is 5.84 Å². The van der Waals surface area contributed by atoms with Gasteiger partial charge in [-0.2, -0.15) is 5.10 Å². The Morgan fingerprint density at radius 1 is 1.16 bits per heavy atom. The number of H-pyrrole nitrogens is 1. The quantitative estimate of drug-likeness (QED) is 0.456. The molecule has 5 nitrogen and oxygen atoms in total. The minimum atomic E-state index is 0.170. The van der Waals surface area contributed by atoms with Gasteiger partial charge in [-0.3, -0.25) is 5.10 Å². The van der Waals surface area contributed by atoms with Gasteiger partial charge in [0.1, 0.15) is 0 Å². The van der Waals surface area contributed by atoms with E-state index in [0.717, 1.165) is 45.8 Å². The zero-order valence-electron chi connectivity index (χ0n) is 19.3. The first-order valence-electron chi connectivity index (χ1n) is 11.1. The van der Waals surface area contributed by atoms with Crippen LogP contribution in [0.1, 0.15) is 51.7 Å². The number of aromatic amines is 1. The van der Waals surface area contributed by atoms with Crippen LogP contribution in [0.4, 0.5) is 5.69 Å². The van der Waals surface area contributed by atoms with E-state index in [0.29, 0.717) is 0 Å². The number of fused-ring (bicyclic) bond motifs is 1. The maximum atomic E-state index is 4.91. The van der Waals surface area contributed by atoms with Crippen molar-refractivity contribution >= 4 is 28.1 Å². The zero-order chi connectivity index (χ0) is 22.7. The summed E-state index contributed by atoms with van der Waals surface area (Å²) in [5.41, 5.74) is 6.16. The molecular formula is C27H31N5. The van der Waals surface area contributed by atoms with Crippen LogP contribution in [0.2, 0.25) is 0 Å². The van der Waals surface area contributed by atoms with Gasteiger partial charge in [-0.1, -0.05) is 64.1 Å². The number of benzene rings is 2. The molecule has 0 amide bonds. The van der Waals surface area contributed by atoms with E-state index >= 15 is 0 Å². The topological polar surface area (TPSA) is 56.3 Å². The lowest BCUT2D eigenvalue weighted by Crippen LogP contribution is -2.26. The van der Waals surface area contributed by atoms with Crippen molar-refractivity contribution < 1.29 is 0 Å². The third-order valence-corrected chi connectivity index (χ3v) is 5.93. The second-order valence-corrected chi connectivity index (χ2v) is 8.82. The van der Waals surface area contributed by atoms with Crippen molar-refractivity contribution in [3.63, 3.8) is 0 Å². The highest BCUT2D eigenvalue weighted by Gasteiger charge is 2.21. The molecule has 1 aliphatic rings. The van der Waals surface area contributed by atoms with E-state index in [1.807, 2.05) is 36.5 Å². The van der Waals surface area contributed by atoms with Gasteiger partial charge in [0.05, 0.1) is 23.1 Å². The van der Waals surface area contributed by atoms with Gasteiger partial charge in [-0.15, -0.1) is 0 Å². The van der Waals surface area contributed by atoms with Crippen molar-refractivity contribution in [3.05, 3.63) is 90.5 Å². The number of amidine groups is 1. The maximum absolute atomic E-state index is 4.91. The van der Waals surface area contributed by atoms with Crippen LogP contribution < -0.4 is 5.32 Å². The van der Waals surface area contributed by atoms with E-state index < -0.39 is 0 Å². The number of aliphatic imine (C=N–C) groups is 1. The molecule has 2 heterocycles. The van der Waals surface area contributed by atoms with Crippen molar-refractivity contribution in [3.8, 4) is 0 Å². The Hall–Kier alpha value is -3.60. The molecule has 0 radical (unpaired) electrons. The molecule has 3 aromatic rings. The third-order valence-electron chi connectivity index (χ3n) is 5.93. The maximum Gasteiger partial charge on any atom is 0.154 e. The number of rotatable bonds is 6. The highest BCUT2D eigenvalue weighted by Crippen LogP contribution is 2.30. The van der Waals surface area contributed by atoms with Crippen LogP contribution in [0, 0.1) is 0 Å². The predicted octanol–water partition coefficient (Wildman–Crippen LogP) is 6.81. The monoisotopic (exact) mass is 425 g/mol. The van der Waals surface area contributed by atoms with E-state index in [9.17, 15) is 0 Å². The Labute approximate surface area is 190 Å². The first kappa shape index (κ1) is 21.6. The molecule has 0 atom stereocenters. The Morgan fingerprint density at radius 2 is 1.94 bits per heavy atom. The SMILES string of the molecule is C=C1C(Nc2ccc(C(C)(C)CCC)cc2)=NC(c2ccc3cn[nH]c3c2)=CN1/C=C\C. The molecule has 5 heteroatoms. The Bertz CT molecular complexity index is 1210. The molecule has 2 N–H and O–H groups in total. The molecule has 0 saturated heterocycles. The number of aromatic nitrogens is 2. The molecule has 164 valence electrons. The molecule has 32 heavy (non-hydrogen) atoms. The Balaban J connectivity index is 1.64. The van der Waals surface area contributed by atoms with E-state index in [-0.39, 0.29) is 5.41 Å². The first-order chi connectivity index (χ1) is 15.4. The standard InChI is InChI=1S/C27H31N5/c1-6-14-27(4,5)22-10-12-23(13-11-22)29-26-19(3)32(15-7-2)18-25(30-26)20-8-9-21-17-28-31-24(21)16-20/h7-13,15-18H,3,6,14H2,1-2,4-5H3,(H,28,31)(H,29,30)/b15-7-. The predicted molar refractivity (Wildman–Crippen MR) is 135 cm³/mol. The van der Waals surface area contributed by atoms with Crippen LogP contribution in [-0.4, -0.2) is 20.9 Å². The lowest BCUT2D eigenvalue weighted by atomic mass is 9.81. The van der Waals surface area contributed by atoms with Crippen molar-refractivity contribution in [1.29, 1.82) is 0 Å². The minimum absolute atomic E-state index is 0.170. The zero-order valence-corrected chi connectivity index (χ0v) is 19.3. The number of allylic oxidation sites excluding steroid dienone is 1. The summed E-state index contributed by atoms with van der Waals surface area (Å²) in [5.74, 6) is 0.728. The van der Waals surface area contributed by atoms with Crippen molar-refractivity contribution in [2.45, 2.75) is 46.0 Å². The van der Waals surface area contributed by atoms with E-state index in [4.69, 9.17) is 4.99 Å². The number of nitrogens with zero attached hydrogens (tertiary/aromatic N) is 3. The highest BCUT2D eigenvalue weighted by molar-refractivity contribution is 6.10. The largest absolute Gasteiger partial charge is 0.338 e. The van der Waals surface area contributed by atoms with Gasteiger partial charge < -0.3 is 10.2 Å². The molecule has 0 bridgehead atoms. The Kier molecular flexibility index (Phi) is 5.99. The molecule has 0 unspecified atom stereocenters. The molecule has 0 saturated carbocycles. The molecule has 2 aromatic carbocycles. The lowest BCUT2D eigenvalue weighted by molar-refractivity contribution is 0.473. The van der Waals surface area contributed by atoms with Gasteiger partial charge in [0.25, 0.3) is 0 Å². The number of anilines is 1.